The van der Waals surface area contributed by atoms with Crippen molar-refractivity contribution in [2.45, 2.75) is 25.6 Å². The van der Waals surface area contributed by atoms with E-state index in [0.717, 1.165) is 6.42 Å². The van der Waals surface area contributed by atoms with E-state index in [1.54, 1.807) is 0 Å². The number of hydrogen-bond acceptors (Lipinski definition) is 2. The van der Waals surface area contributed by atoms with Crippen molar-refractivity contribution in [1.29, 1.82) is 0 Å². The summed E-state index contributed by atoms with van der Waals surface area (Å²) < 4.78 is 36.3. The molecule has 0 saturated heterocycles. The average molecular weight is 219 g/mol. The zero-order chi connectivity index (χ0) is 10.1. The molecule has 2 N–H and O–H groups in total. The van der Waals surface area contributed by atoms with Gasteiger partial charge in [-0.1, -0.05) is 0 Å². The molecule has 78 valence electrons. The summed E-state index contributed by atoms with van der Waals surface area (Å²) in [6.45, 7) is 0.662. The number of anilines is 1. The second-order valence-corrected chi connectivity index (χ2v) is 3.83. The molecule has 0 radical (unpaired) electrons. The maximum absolute atomic E-state index is 13.4. The van der Waals surface area contributed by atoms with Gasteiger partial charge in [0, 0.05) is 6.54 Å². The predicted molar refractivity (Wildman–Crippen MR) is 49.7 cm³/mol. The van der Waals surface area contributed by atoms with Crippen LogP contribution in [0.1, 0.15) is 24.7 Å². The molecule has 2 atom stereocenters. The van der Waals surface area contributed by atoms with E-state index in [2.05, 4.69) is 9.82 Å². The molecule has 5 nitrogen and oxygen atoms in total. The van der Waals surface area contributed by atoms with E-state index < -0.39 is 17.4 Å². The molecule has 14 heavy (non-hydrogen) atoms. The first-order valence-corrected chi connectivity index (χ1v) is 5.36. The molecule has 0 aromatic carbocycles. The third kappa shape index (κ3) is 1.64. The third-order valence-electron chi connectivity index (χ3n) is 2.20. The molecule has 7 heteroatoms. The second-order valence-electron chi connectivity index (χ2n) is 3.13. The minimum atomic E-state index is -2.18. The zero-order valence-corrected chi connectivity index (χ0v) is 8.13. The first-order chi connectivity index (χ1) is 6.68. The van der Waals surface area contributed by atoms with Crippen LogP contribution in [0.15, 0.2) is 6.20 Å². The van der Waals surface area contributed by atoms with E-state index in [1.807, 2.05) is 0 Å². The normalized spacial score (nSPS) is 22.9. The molecule has 0 bridgehead atoms. The van der Waals surface area contributed by atoms with Gasteiger partial charge in [-0.05, 0) is 12.8 Å². The lowest BCUT2D eigenvalue weighted by Crippen LogP contribution is -2.15. The fraction of sp³-hybridized carbons (Fsp3) is 0.571. The van der Waals surface area contributed by atoms with Crippen LogP contribution in [0, 0.1) is 0 Å². The van der Waals surface area contributed by atoms with E-state index >= 15 is 0 Å². The number of hydrogen-bond donors (Lipinski definition) is 2. The molecule has 1 aliphatic heterocycles. The van der Waals surface area contributed by atoms with Crippen molar-refractivity contribution in [2.24, 2.45) is 0 Å². The molecule has 0 saturated carbocycles. The Bertz CT molecular complexity index is 368. The van der Waals surface area contributed by atoms with Gasteiger partial charge in [0.2, 0.25) is 0 Å². The van der Waals surface area contributed by atoms with Crippen molar-refractivity contribution < 1.29 is 13.2 Å². The Hall–Kier alpha value is -0.950. The number of nitrogens with one attached hydrogen (secondary N) is 1. The number of nitrogens with zero attached hydrogens (tertiary/aromatic N) is 2. The van der Waals surface area contributed by atoms with Gasteiger partial charge < -0.3 is 0 Å². The molecule has 1 aromatic rings. The first-order valence-electron chi connectivity index (χ1n) is 4.26. The summed E-state index contributed by atoms with van der Waals surface area (Å²) >= 11 is -2.18. The van der Waals surface area contributed by atoms with Crippen LogP contribution in [-0.4, -0.2) is 18.5 Å². The average Bonchev–Trinajstić information content (AvgIpc) is 2.49. The van der Waals surface area contributed by atoms with E-state index in [4.69, 9.17) is 4.55 Å². The van der Waals surface area contributed by atoms with Crippen LogP contribution in [0.3, 0.4) is 0 Å². The second kappa shape index (κ2) is 3.66. The van der Waals surface area contributed by atoms with Crippen molar-refractivity contribution in [1.82, 2.24) is 9.78 Å². The molecule has 2 rings (SSSR count). The number of aryl methyl sites for hydroxylation is 1. The molecule has 2 heterocycles. The van der Waals surface area contributed by atoms with Crippen molar-refractivity contribution in [3.8, 4) is 0 Å². The highest BCUT2D eigenvalue weighted by atomic mass is 32.2. The van der Waals surface area contributed by atoms with Gasteiger partial charge in [0.1, 0.15) is 6.17 Å². The van der Waals surface area contributed by atoms with Crippen LogP contribution in [-0.2, 0) is 17.8 Å². The summed E-state index contributed by atoms with van der Waals surface area (Å²) in [6, 6.07) is 0. The van der Waals surface area contributed by atoms with Crippen molar-refractivity contribution in [2.75, 3.05) is 4.72 Å². The first kappa shape index (κ1) is 9.60. The highest BCUT2D eigenvalue weighted by Gasteiger charge is 2.24. The van der Waals surface area contributed by atoms with Crippen LogP contribution in [0.4, 0.5) is 10.1 Å². The van der Waals surface area contributed by atoms with Crippen molar-refractivity contribution in [3.05, 3.63) is 11.9 Å². The Labute approximate surface area is 82.7 Å². The third-order valence-corrected chi connectivity index (χ3v) is 2.60. The number of alkyl halides is 1. The highest BCUT2D eigenvalue weighted by molar-refractivity contribution is 7.80. The van der Waals surface area contributed by atoms with Crippen molar-refractivity contribution >= 4 is 17.0 Å². The van der Waals surface area contributed by atoms with Gasteiger partial charge >= 0.3 is 0 Å². The summed E-state index contributed by atoms with van der Waals surface area (Å²) in [5.41, 5.74) is 0.677. The fourth-order valence-corrected chi connectivity index (χ4v) is 1.98. The summed E-state index contributed by atoms with van der Waals surface area (Å²) in [5.74, 6) is 0. The quantitative estimate of drug-likeness (QED) is 0.735. The summed E-state index contributed by atoms with van der Waals surface area (Å²) in [5, 5.41) is 3.93. The molecular weight excluding hydrogens is 209 g/mol. The van der Waals surface area contributed by atoms with E-state index in [-0.39, 0.29) is 0 Å². The number of fused-ring (bicyclic) bond motifs is 1. The Balaban J connectivity index is 2.33. The summed E-state index contributed by atoms with van der Waals surface area (Å²) in [4.78, 5) is 0. The molecule has 2 unspecified atom stereocenters. The molecular formula is C7H10FN3O2S. The van der Waals surface area contributed by atoms with Gasteiger partial charge in [-0.3, -0.25) is 14.0 Å². The van der Waals surface area contributed by atoms with Crippen LogP contribution in [0.2, 0.25) is 0 Å². The smallest absolute Gasteiger partial charge is 0.259 e. The van der Waals surface area contributed by atoms with Gasteiger partial charge in [0.15, 0.2) is 0 Å². The number of aromatic nitrogens is 2. The van der Waals surface area contributed by atoms with E-state index in [0.29, 0.717) is 24.3 Å². The minimum Gasteiger partial charge on any atom is -0.289 e. The predicted octanol–water partition coefficient (Wildman–Crippen LogP) is 1.24. The van der Waals surface area contributed by atoms with E-state index in [9.17, 15) is 8.60 Å². The minimum absolute atomic E-state index is 0.304. The van der Waals surface area contributed by atoms with Crippen LogP contribution >= 0.6 is 0 Å². The van der Waals surface area contributed by atoms with Gasteiger partial charge in [-0.15, -0.1) is 0 Å². The lowest BCUT2D eigenvalue weighted by molar-refractivity contribution is 0.260. The molecule has 1 aromatic heterocycles. The number of rotatable bonds is 2. The molecule has 0 amide bonds. The maximum atomic E-state index is 13.4. The highest BCUT2D eigenvalue weighted by Crippen LogP contribution is 2.33. The fourth-order valence-electron chi connectivity index (χ4n) is 1.63. The number of halogens is 1. The SMILES string of the molecule is O=S(O)Nc1cnn2c1C(F)CCC2. The lowest BCUT2D eigenvalue weighted by atomic mass is 10.1. The zero-order valence-electron chi connectivity index (χ0n) is 7.31. The molecule has 0 fully saturated rings. The van der Waals surface area contributed by atoms with Gasteiger partial charge in [0.25, 0.3) is 11.3 Å². The lowest BCUT2D eigenvalue weighted by Gasteiger charge is -2.18. The van der Waals surface area contributed by atoms with Crippen LogP contribution < -0.4 is 4.72 Å². The molecule has 0 aliphatic carbocycles. The monoisotopic (exact) mass is 219 g/mol. The summed E-state index contributed by atoms with van der Waals surface area (Å²) in [6.07, 6.45) is 1.47. The standard InChI is InChI=1S/C7H10FN3O2S/c8-5-2-1-3-11-7(5)6(4-9-11)10-14(12)13/h4-5,10H,1-3H2,(H,12,13). The largest absolute Gasteiger partial charge is 0.289 e. The Morgan fingerprint density at radius 1 is 1.79 bits per heavy atom. The van der Waals surface area contributed by atoms with E-state index in [1.165, 1.54) is 10.9 Å². The van der Waals surface area contributed by atoms with Crippen LogP contribution in [0.5, 0.6) is 0 Å². The van der Waals surface area contributed by atoms with Crippen molar-refractivity contribution in [3.63, 3.8) is 0 Å². The van der Waals surface area contributed by atoms with Gasteiger partial charge in [-0.25, -0.2) is 8.60 Å². The van der Waals surface area contributed by atoms with Gasteiger partial charge in [0.05, 0.1) is 17.6 Å². The Kier molecular flexibility index (Phi) is 2.51. The summed E-state index contributed by atoms with van der Waals surface area (Å²) in [7, 11) is 0. The topological polar surface area (TPSA) is 67.2 Å². The Morgan fingerprint density at radius 3 is 3.29 bits per heavy atom. The van der Waals surface area contributed by atoms with Gasteiger partial charge in [-0.2, -0.15) is 5.10 Å². The maximum Gasteiger partial charge on any atom is 0.259 e. The molecule has 1 aliphatic rings. The Morgan fingerprint density at radius 2 is 2.57 bits per heavy atom. The molecule has 0 spiro atoms. The van der Waals surface area contributed by atoms with Crippen LogP contribution in [0.25, 0.3) is 0 Å².